The predicted molar refractivity (Wildman–Crippen MR) is 111 cm³/mol. The van der Waals surface area contributed by atoms with Gasteiger partial charge in [-0.05, 0) is 56.2 Å². The smallest absolute Gasteiger partial charge is 0.253 e. The van der Waals surface area contributed by atoms with Gasteiger partial charge >= 0.3 is 0 Å². The lowest BCUT2D eigenvalue weighted by molar-refractivity contribution is -0.114. The van der Waals surface area contributed by atoms with E-state index in [1.165, 1.54) is 19.1 Å². The number of piperidine rings is 1. The van der Waals surface area contributed by atoms with Crippen LogP contribution in [0.5, 0.6) is 0 Å². The first kappa shape index (κ1) is 21.0. The number of amides is 2. The van der Waals surface area contributed by atoms with Gasteiger partial charge in [0.25, 0.3) is 5.91 Å². The van der Waals surface area contributed by atoms with Crippen LogP contribution in [0.1, 0.15) is 35.7 Å². The Kier molecular flexibility index (Phi) is 6.34. The van der Waals surface area contributed by atoms with Crippen LogP contribution in [0.15, 0.2) is 53.4 Å². The van der Waals surface area contributed by atoms with Crippen molar-refractivity contribution in [2.24, 2.45) is 0 Å². The molecular weight excluding hydrogens is 390 g/mol. The van der Waals surface area contributed by atoms with Gasteiger partial charge in [0.1, 0.15) is 0 Å². The Bertz CT molecular complexity index is 995. The molecule has 2 aromatic rings. The van der Waals surface area contributed by atoms with Crippen molar-refractivity contribution in [3.63, 3.8) is 0 Å². The van der Waals surface area contributed by atoms with Gasteiger partial charge < -0.3 is 10.2 Å². The molecule has 0 atom stereocenters. The minimum Gasteiger partial charge on any atom is -0.339 e. The molecule has 1 aliphatic rings. The maximum atomic E-state index is 12.6. The third-order valence-electron chi connectivity index (χ3n) is 4.85. The second-order valence-corrected chi connectivity index (χ2v) is 8.98. The summed E-state index contributed by atoms with van der Waals surface area (Å²) in [5, 5.41) is 2.61. The number of hydrogen-bond acceptors (Lipinski definition) is 4. The number of rotatable bonds is 5. The van der Waals surface area contributed by atoms with Crippen LogP contribution < -0.4 is 10.0 Å². The lowest BCUT2D eigenvalue weighted by Gasteiger charge is -2.32. The third kappa shape index (κ3) is 5.42. The van der Waals surface area contributed by atoms with Crippen molar-refractivity contribution in [3.8, 4) is 0 Å². The van der Waals surface area contributed by atoms with Crippen LogP contribution in [-0.4, -0.2) is 44.3 Å². The van der Waals surface area contributed by atoms with Crippen molar-refractivity contribution in [1.82, 2.24) is 9.62 Å². The zero-order valence-corrected chi connectivity index (χ0v) is 17.3. The molecule has 0 bridgehead atoms. The van der Waals surface area contributed by atoms with Crippen molar-refractivity contribution in [1.29, 1.82) is 0 Å². The van der Waals surface area contributed by atoms with Crippen molar-refractivity contribution >= 4 is 27.5 Å². The van der Waals surface area contributed by atoms with Gasteiger partial charge in [0.2, 0.25) is 15.9 Å². The van der Waals surface area contributed by atoms with Gasteiger partial charge in [0, 0.05) is 37.3 Å². The molecule has 1 heterocycles. The van der Waals surface area contributed by atoms with Crippen LogP contribution in [0, 0.1) is 6.92 Å². The third-order valence-corrected chi connectivity index (χ3v) is 6.39. The molecule has 0 spiro atoms. The molecule has 0 saturated carbocycles. The second-order valence-electron chi connectivity index (χ2n) is 7.26. The summed E-state index contributed by atoms with van der Waals surface area (Å²) in [7, 11) is -3.67. The summed E-state index contributed by atoms with van der Waals surface area (Å²) < 4.78 is 28.0. The molecule has 29 heavy (non-hydrogen) atoms. The van der Waals surface area contributed by atoms with Crippen LogP contribution >= 0.6 is 0 Å². The lowest BCUT2D eigenvalue weighted by Crippen LogP contribution is -2.46. The summed E-state index contributed by atoms with van der Waals surface area (Å²) >= 11 is 0. The monoisotopic (exact) mass is 415 g/mol. The number of nitrogens with one attached hydrogen (secondary N) is 2. The minimum atomic E-state index is -3.67. The Labute approximate surface area is 171 Å². The van der Waals surface area contributed by atoms with Crippen molar-refractivity contribution in [2.45, 2.75) is 37.6 Å². The highest BCUT2D eigenvalue weighted by atomic mass is 32.2. The molecule has 2 N–H and O–H groups in total. The molecule has 0 aromatic heterocycles. The number of anilines is 1. The first-order valence-electron chi connectivity index (χ1n) is 9.50. The number of hydrogen-bond donors (Lipinski definition) is 2. The summed E-state index contributed by atoms with van der Waals surface area (Å²) in [5.41, 5.74) is 2.23. The van der Waals surface area contributed by atoms with Crippen LogP contribution in [0.2, 0.25) is 0 Å². The van der Waals surface area contributed by atoms with Crippen LogP contribution in [0.3, 0.4) is 0 Å². The molecule has 1 aliphatic heterocycles. The number of carbonyl (C=O) groups excluding carboxylic acids is 2. The highest BCUT2D eigenvalue weighted by molar-refractivity contribution is 7.89. The van der Waals surface area contributed by atoms with Crippen LogP contribution in [0.25, 0.3) is 0 Å². The Morgan fingerprint density at radius 1 is 1.03 bits per heavy atom. The van der Waals surface area contributed by atoms with E-state index in [-0.39, 0.29) is 22.8 Å². The Morgan fingerprint density at radius 3 is 2.28 bits per heavy atom. The first-order chi connectivity index (χ1) is 13.7. The molecule has 8 heteroatoms. The fourth-order valence-electron chi connectivity index (χ4n) is 3.37. The minimum absolute atomic E-state index is 0.0245. The standard InChI is InChI=1S/C21H25N3O4S/c1-15-4-3-5-17(14-15)21(26)24-12-10-19(11-13-24)23-29(27,28)20-8-6-18(7-9-20)22-16(2)25/h3-9,14,19,23H,10-13H2,1-2H3,(H,22,25). The van der Waals surface area contributed by atoms with Crippen molar-refractivity contribution in [2.75, 3.05) is 18.4 Å². The van der Waals surface area contributed by atoms with Gasteiger partial charge in [-0.25, -0.2) is 13.1 Å². The predicted octanol–water partition coefficient (Wildman–Crippen LogP) is 2.54. The number of benzene rings is 2. The molecule has 1 saturated heterocycles. The average Bonchev–Trinajstić information content (AvgIpc) is 2.68. The normalized spacial score (nSPS) is 15.2. The molecule has 0 radical (unpaired) electrons. The van der Waals surface area contributed by atoms with Crippen LogP contribution in [-0.2, 0) is 14.8 Å². The molecule has 2 amide bonds. The fourth-order valence-corrected chi connectivity index (χ4v) is 4.67. The van der Waals surface area contributed by atoms with Gasteiger partial charge in [-0.15, -0.1) is 0 Å². The second kappa shape index (κ2) is 8.75. The molecule has 0 unspecified atom stereocenters. The number of carbonyl (C=O) groups is 2. The Morgan fingerprint density at radius 2 is 1.69 bits per heavy atom. The highest BCUT2D eigenvalue weighted by Gasteiger charge is 2.27. The van der Waals surface area contributed by atoms with Crippen LogP contribution in [0.4, 0.5) is 5.69 Å². The van der Waals surface area contributed by atoms with E-state index >= 15 is 0 Å². The topological polar surface area (TPSA) is 95.6 Å². The van der Waals surface area contributed by atoms with E-state index < -0.39 is 10.0 Å². The summed E-state index contributed by atoms with van der Waals surface area (Å²) in [6.07, 6.45) is 1.11. The Balaban J connectivity index is 1.58. The summed E-state index contributed by atoms with van der Waals surface area (Å²) in [4.78, 5) is 25.6. The van der Waals surface area contributed by atoms with Crippen molar-refractivity contribution in [3.05, 3.63) is 59.7 Å². The molecule has 2 aromatic carbocycles. The average molecular weight is 416 g/mol. The van der Waals surface area contributed by atoms with Gasteiger partial charge in [-0.3, -0.25) is 9.59 Å². The zero-order valence-electron chi connectivity index (χ0n) is 16.5. The molecule has 0 aliphatic carbocycles. The Hall–Kier alpha value is -2.71. The first-order valence-corrected chi connectivity index (χ1v) is 11.0. The van der Waals surface area contributed by atoms with E-state index in [1.54, 1.807) is 23.1 Å². The molecule has 7 nitrogen and oxygen atoms in total. The SMILES string of the molecule is CC(=O)Nc1ccc(S(=O)(=O)NC2CCN(C(=O)c3cccc(C)c3)CC2)cc1. The fraction of sp³-hybridized carbons (Fsp3) is 0.333. The molecule has 3 rings (SSSR count). The number of sulfonamides is 1. The summed E-state index contributed by atoms with van der Waals surface area (Å²) in [5.74, 6) is -0.241. The molecular formula is C21H25N3O4S. The van der Waals surface area contributed by atoms with Gasteiger partial charge in [0.15, 0.2) is 0 Å². The van der Waals surface area contributed by atoms with E-state index in [2.05, 4.69) is 10.0 Å². The highest BCUT2D eigenvalue weighted by Crippen LogP contribution is 2.19. The summed E-state index contributed by atoms with van der Waals surface area (Å²) in [6.45, 7) is 4.34. The number of aryl methyl sites for hydroxylation is 1. The maximum absolute atomic E-state index is 12.6. The molecule has 1 fully saturated rings. The quantitative estimate of drug-likeness (QED) is 0.784. The number of nitrogens with zero attached hydrogens (tertiary/aromatic N) is 1. The largest absolute Gasteiger partial charge is 0.339 e. The maximum Gasteiger partial charge on any atom is 0.253 e. The number of likely N-dealkylation sites (tertiary alicyclic amines) is 1. The van der Waals surface area contributed by atoms with E-state index in [0.717, 1.165) is 5.56 Å². The van der Waals surface area contributed by atoms with Gasteiger partial charge in [-0.2, -0.15) is 0 Å². The van der Waals surface area contributed by atoms with E-state index in [4.69, 9.17) is 0 Å². The van der Waals surface area contributed by atoms with E-state index in [1.807, 2.05) is 25.1 Å². The summed E-state index contributed by atoms with van der Waals surface area (Å²) in [6, 6.07) is 13.3. The lowest BCUT2D eigenvalue weighted by atomic mass is 10.0. The van der Waals surface area contributed by atoms with Crippen molar-refractivity contribution < 1.29 is 18.0 Å². The van der Waals surface area contributed by atoms with E-state index in [0.29, 0.717) is 37.2 Å². The van der Waals surface area contributed by atoms with Gasteiger partial charge in [0.05, 0.1) is 4.90 Å². The zero-order chi connectivity index (χ0) is 21.0. The van der Waals surface area contributed by atoms with E-state index in [9.17, 15) is 18.0 Å². The molecule has 154 valence electrons. The van der Waals surface area contributed by atoms with Gasteiger partial charge in [-0.1, -0.05) is 17.7 Å².